The van der Waals surface area contributed by atoms with Gasteiger partial charge in [0.05, 0.1) is 4.90 Å². The number of sulfonamides is 1. The second-order valence-electron chi connectivity index (χ2n) is 4.06. The number of nitrogens with two attached hydrogens (primary N) is 1. The molecule has 0 aliphatic rings. The van der Waals surface area contributed by atoms with Gasteiger partial charge in [0.2, 0.25) is 15.9 Å². The molecule has 0 saturated carbocycles. The summed E-state index contributed by atoms with van der Waals surface area (Å²) in [5.74, 6) is -0.0624. The highest BCUT2D eigenvalue weighted by molar-refractivity contribution is 7.89. The van der Waals surface area contributed by atoms with E-state index in [1.165, 1.54) is 12.1 Å². The lowest BCUT2D eigenvalue weighted by molar-refractivity contribution is -0.121. The van der Waals surface area contributed by atoms with Gasteiger partial charge in [0.25, 0.3) is 0 Å². The van der Waals surface area contributed by atoms with Crippen molar-refractivity contribution in [3.63, 3.8) is 0 Å². The maximum atomic E-state index is 11.4. The summed E-state index contributed by atoms with van der Waals surface area (Å²) in [5, 5.41) is 7.73. The number of rotatable bonds is 7. The normalized spacial score (nSPS) is 11.3. The van der Waals surface area contributed by atoms with E-state index in [0.717, 1.165) is 5.56 Å². The minimum Gasteiger partial charge on any atom is -0.385 e. The Bertz CT molecular complexity index is 511. The highest BCUT2D eigenvalue weighted by atomic mass is 32.2. The van der Waals surface area contributed by atoms with Crippen molar-refractivity contribution in [2.45, 2.75) is 24.3 Å². The minimum absolute atomic E-state index is 0.0580. The number of hydrogen-bond acceptors (Lipinski definition) is 4. The molecule has 3 N–H and O–H groups in total. The molecule has 1 aromatic rings. The lowest BCUT2D eigenvalue weighted by Crippen LogP contribution is -2.22. The largest absolute Gasteiger partial charge is 0.385 e. The van der Waals surface area contributed by atoms with Crippen LogP contribution in [0.25, 0.3) is 0 Å². The first kappa shape index (κ1) is 15.6. The Morgan fingerprint density at radius 2 is 1.95 bits per heavy atom. The number of benzene rings is 1. The van der Waals surface area contributed by atoms with Crippen molar-refractivity contribution in [1.29, 1.82) is 0 Å². The van der Waals surface area contributed by atoms with Crippen LogP contribution in [-0.2, 0) is 26.1 Å². The molecule has 1 rings (SSSR count). The van der Waals surface area contributed by atoms with Crippen molar-refractivity contribution in [1.82, 2.24) is 5.32 Å². The fourth-order valence-electron chi connectivity index (χ4n) is 1.46. The van der Waals surface area contributed by atoms with Crippen molar-refractivity contribution in [2.75, 3.05) is 13.7 Å². The average molecular weight is 286 g/mol. The topological polar surface area (TPSA) is 98.5 Å². The van der Waals surface area contributed by atoms with Gasteiger partial charge in [-0.1, -0.05) is 12.1 Å². The second-order valence-corrected chi connectivity index (χ2v) is 5.62. The average Bonchev–Trinajstić information content (AvgIpc) is 2.36. The number of amides is 1. The molecule has 0 unspecified atom stereocenters. The van der Waals surface area contributed by atoms with E-state index in [1.807, 2.05) is 0 Å². The Morgan fingerprint density at radius 3 is 2.47 bits per heavy atom. The summed E-state index contributed by atoms with van der Waals surface area (Å²) in [5.41, 5.74) is 0.812. The summed E-state index contributed by atoms with van der Waals surface area (Å²) in [6.07, 6.45) is 1.08. The van der Waals surface area contributed by atoms with E-state index in [9.17, 15) is 13.2 Å². The molecule has 0 aliphatic carbocycles. The van der Waals surface area contributed by atoms with Crippen molar-refractivity contribution < 1.29 is 17.9 Å². The third-order valence-corrected chi connectivity index (χ3v) is 3.42. The molecule has 106 valence electrons. The number of carbonyl (C=O) groups is 1. The molecule has 6 nitrogen and oxygen atoms in total. The van der Waals surface area contributed by atoms with Crippen LogP contribution in [0.5, 0.6) is 0 Å². The number of carbonyl (C=O) groups excluding carboxylic acids is 1. The Labute approximate surface area is 113 Å². The van der Waals surface area contributed by atoms with Gasteiger partial charge >= 0.3 is 0 Å². The van der Waals surface area contributed by atoms with Crippen LogP contribution >= 0.6 is 0 Å². The summed E-state index contributed by atoms with van der Waals surface area (Å²) in [7, 11) is -2.08. The van der Waals surface area contributed by atoms with Crippen molar-refractivity contribution in [2.24, 2.45) is 5.14 Å². The lowest BCUT2D eigenvalue weighted by atomic mass is 10.2. The van der Waals surface area contributed by atoms with Crippen LogP contribution in [0.1, 0.15) is 18.4 Å². The first-order chi connectivity index (χ1) is 8.93. The molecule has 19 heavy (non-hydrogen) atoms. The molecule has 0 aliphatic heterocycles. The van der Waals surface area contributed by atoms with Crippen LogP contribution in [0.3, 0.4) is 0 Å². The monoisotopic (exact) mass is 286 g/mol. The van der Waals surface area contributed by atoms with Crippen molar-refractivity contribution in [3.05, 3.63) is 29.8 Å². The summed E-state index contributed by atoms with van der Waals surface area (Å²) >= 11 is 0. The highest BCUT2D eigenvalue weighted by Gasteiger charge is 2.07. The molecule has 0 spiro atoms. The van der Waals surface area contributed by atoms with Gasteiger partial charge < -0.3 is 10.1 Å². The van der Waals surface area contributed by atoms with Crippen LogP contribution in [-0.4, -0.2) is 28.0 Å². The Kier molecular flexibility index (Phi) is 5.94. The predicted octanol–water partition coefficient (Wildman–Crippen LogP) is 0.377. The predicted molar refractivity (Wildman–Crippen MR) is 70.8 cm³/mol. The smallest absolute Gasteiger partial charge is 0.238 e. The van der Waals surface area contributed by atoms with E-state index in [4.69, 9.17) is 9.88 Å². The molecule has 0 radical (unpaired) electrons. The molecule has 0 aromatic heterocycles. The van der Waals surface area contributed by atoms with Crippen LogP contribution in [0, 0.1) is 0 Å². The van der Waals surface area contributed by atoms with Crippen molar-refractivity contribution >= 4 is 15.9 Å². The van der Waals surface area contributed by atoms with Gasteiger partial charge in [-0.2, -0.15) is 0 Å². The molecular formula is C12H18N2O4S. The van der Waals surface area contributed by atoms with E-state index in [1.54, 1.807) is 19.2 Å². The Balaban J connectivity index is 2.44. The fourth-order valence-corrected chi connectivity index (χ4v) is 1.98. The van der Waals surface area contributed by atoms with Gasteiger partial charge in [-0.05, 0) is 24.1 Å². The maximum absolute atomic E-state index is 11.4. The third-order valence-electron chi connectivity index (χ3n) is 2.49. The van der Waals surface area contributed by atoms with E-state index in [2.05, 4.69) is 5.32 Å². The summed E-state index contributed by atoms with van der Waals surface area (Å²) in [4.78, 5) is 11.5. The van der Waals surface area contributed by atoms with Crippen molar-refractivity contribution in [3.8, 4) is 0 Å². The molecule has 0 saturated heterocycles. The van der Waals surface area contributed by atoms with Crippen LogP contribution in [0.15, 0.2) is 29.2 Å². The fraction of sp³-hybridized carbons (Fsp3) is 0.417. The SMILES string of the molecule is COCCCC(=O)NCc1ccc(S(N)(=O)=O)cc1. The zero-order valence-corrected chi connectivity index (χ0v) is 11.6. The number of primary sulfonamides is 1. The van der Waals surface area contributed by atoms with Gasteiger partial charge in [-0.3, -0.25) is 4.79 Å². The van der Waals surface area contributed by atoms with E-state index in [-0.39, 0.29) is 10.8 Å². The van der Waals surface area contributed by atoms with Crippen LogP contribution in [0.4, 0.5) is 0 Å². The summed E-state index contributed by atoms with van der Waals surface area (Å²) in [6, 6.07) is 6.08. The Hall–Kier alpha value is -1.44. The van der Waals surface area contributed by atoms with Gasteiger partial charge in [-0.25, -0.2) is 13.6 Å². The van der Waals surface area contributed by atoms with E-state index < -0.39 is 10.0 Å². The number of ether oxygens (including phenoxy) is 1. The Morgan fingerprint density at radius 1 is 1.32 bits per heavy atom. The summed E-state index contributed by atoms with van der Waals surface area (Å²) < 4.78 is 27.0. The molecular weight excluding hydrogens is 268 g/mol. The molecule has 1 amide bonds. The molecule has 7 heteroatoms. The molecule has 0 heterocycles. The first-order valence-electron chi connectivity index (χ1n) is 5.81. The third kappa shape index (κ3) is 5.82. The standard InChI is InChI=1S/C12H18N2O4S/c1-18-8-2-3-12(15)14-9-10-4-6-11(7-5-10)19(13,16)17/h4-7H,2-3,8-9H2,1H3,(H,14,15)(H2,13,16,17). The molecule has 0 bridgehead atoms. The molecule has 1 aromatic carbocycles. The second kappa shape index (κ2) is 7.22. The van der Waals surface area contributed by atoms with Crippen LogP contribution in [0.2, 0.25) is 0 Å². The van der Waals surface area contributed by atoms with E-state index >= 15 is 0 Å². The minimum atomic E-state index is -3.67. The highest BCUT2D eigenvalue weighted by Crippen LogP contribution is 2.08. The quantitative estimate of drug-likeness (QED) is 0.708. The van der Waals surface area contributed by atoms with Crippen LogP contribution < -0.4 is 10.5 Å². The first-order valence-corrected chi connectivity index (χ1v) is 7.35. The molecule has 0 atom stereocenters. The zero-order valence-electron chi connectivity index (χ0n) is 10.8. The van der Waals surface area contributed by atoms with Gasteiger partial charge in [0, 0.05) is 26.7 Å². The summed E-state index contributed by atoms with van der Waals surface area (Å²) in [6.45, 7) is 0.910. The number of nitrogens with one attached hydrogen (secondary N) is 1. The number of methoxy groups -OCH3 is 1. The van der Waals surface area contributed by atoms with Gasteiger partial charge in [0.1, 0.15) is 0 Å². The zero-order chi connectivity index (χ0) is 14.3. The molecule has 0 fully saturated rings. The van der Waals surface area contributed by atoms with Gasteiger partial charge in [0.15, 0.2) is 0 Å². The van der Waals surface area contributed by atoms with E-state index in [0.29, 0.717) is 26.0 Å². The lowest BCUT2D eigenvalue weighted by Gasteiger charge is -2.06. The maximum Gasteiger partial charge on any atom is 0.238 e. The number of hydrogen-bond donors (Lipinski definition) is 2. The van der Waals surface area contributed by atoms with Gasteiger partial charge in [-0.15, -0.1) is 0 Å².